The summed E-state index contributed by atoms with van der Waals surface area (Å²) in [7, 11) is 0.788. The fourth-order valence-corrected chi connectivity index (χ4v) is 1.61. The maximum Gasteiger partial charge on any atom is 0.0183 e. The first-order valence-electron chi connectivity index (χ1n) is 2.60. The molecular formula is C4H11N2P. The molecule has 0 aromatic heterocycles. The summed E-state index contributed by atoms with van der Waals surface area (Å²) in [4.78, 5) is 0. The quantitative estimate of drug-likeness (QED) is 0.448. The van der Waals surface area contributed by atoms with Crippen molar-refractivity contribution in [1.82, 2.24) is 10.2 Å². The van der Waals surface area contributed by atoms with Crippen LogP contribution in [0.5, 0.6) is 0 Å². The molecule has 0 aromatic rings. The fraction of sp³-hybridized carbons (Fsp3) is 1.00. The largest absolute Gasteiger partial charge is 0.286 e. The van der Waals surface area contributed by atoms with Gasteiger partial charge in [-0.05, 0) is 5.92 Å². The van der Waals surface area contributed by atoms with E-state index in [4.69, 9.17) is 0 Å². The van der Waals surface area contributed by atoms with Gasteiger partial charge in [0.2, 0.25) is 0 Å². The van der Waals surface area contributed by atoms with Gasteiger partial charge in [0.25, 0.3) is 0 Å². The summed E-state index contributed by atoms with van der Waals surface area (Å²) in [5.74, 6) is 0.821. The fourth-order valence-electron chi connectivity index (χ4n) is 0.585. The van der Waals surface area contributed by atoms with E-state index >= 15 is 0 Å². The first-order chi connectivity index (χ1) is 3.39. The summed E-state index contributed by atoms with van der Waals surface area (Å²) >= 11 is 0. The second-order valence-corrected chi connectivity index (χ2v) is 2.95. The second-order valence-electron chi connectivity index (χ2n) is 1.99. The average Bonchev–Trinajstić information content (AvgIpc) is 1.69. The molecule has 0 bridgehead atoms. The zero-order chi connectivity index (χ0) is 5.11. The van der Waals surface area contributed by atoms with Gasteiger partial charge in [-0.1, -0.05) is 6.92 Å². The van der Waals surface area contributed by atoms with Gasteiger partial charge in [0.05, 0.1) is 0 Å². The van der Waals surface area contributed by atoms with E-state index in [-0.39, 0.29) is 0 Å². The summed E-state index contributed by atoms with van der Waals surface area (Å²) < 4.78 is 0. The minimum absolute atomic E-state index is 0.788. The molecule has 0 aromatic carbocycles. The number of nitrogens with one attached hydrogen (secondary N) is 2. The third-order valence-corrected chi connectivity index (χ3v) is 1.84. The third-order valence-electron chi connectivity index (χ3n) is 1.08. The van der Waals surface area contributed by atoms with Gasteiger partial charge in [-0.15, -0.1) is 0 Å². The lowest BCUT2D eigenvalue weighted by Gasteiger charge is -2.18. The third kappa shape index (κ3) is 1.72. The Kier molecular flexibility index (Phi) is 2.04. The Hall–Kier alpha value is 0.350. The van der Waals surface area contributed by atoms with Crippen LogP contribution in [-0.2, 0) is 0 Å². The van der Waals surface area contributed by atoms with E-state index in [1.165, 1.54) is 13.1 Å². The molecular weight excluding hydrogens is 107 g/mol. The highest BCUT2D eigenvalue weighted by Gasteiger charge is 2.04. The molecule has 42 valence electrons. The van der Waals surface area contributed by atoms with Crippen LogP contribution >= 0.6 is 8.88 Å². The summed E-state index contributed by atoms with van der Waals surface area (Å²) in [6.07, 6.45) is 0. The normalized spacial score (nSPS) is 36.4. The molecule has 7 heavy (non-hydrogen) atoms. The van der Waals surface area contributed by atoms with E-state index in [1.54, 1.807) is 0 Å². The number of hydrogen-bond donors (Lipinski definition) is 2. The van der Waals surface area contributed by atoms with Crippen LogP contribution in [0.1, 0.15) is 6.92 Å². The van der Waals surface area contributed by atoms with Crippen molar-refractivity contribution in [2.24, 2.45) is 5.92 Å². The van der Waals surface area contributed by atoms with E-state index in [0.29, 0.717) is 0 Å². The summed E-state index contributed by atoms with van der Waals surface area (Å²) in [5, 5.41) is 6.50. The van der Waals surface area contributed by atoms with Gasteiger partial charge in [-0.3, -0.25) is 10.2 Å². The molecule has 1 rings (SSSR count). The van der Waals surface area contributed by atoms with Crippen molar-refractivity contribution < 1.29 is 0 Å². The van der Waals surface area contributed by atoms with Gasteiger partial charge in [-0.2, -0.15) is 0 Å². The van der Waals surface area contributed by atoms with Crippen LogP contribution in [0.15, 0.2) is 0 Å². The molecule has 1 aliphatic rings. The Morgan fingerprint density at radius 2 is 2.00 bits per heavy atom. The van der Waals surface area contributed by atoms with Crippen molar-refractivity contribution >= 4 is 8.88 Å². The molecule has 1 saturated heterocycles. The molecule has 1 fully saturated rings. The SMILES string of the molecule is CC1CNPNC1. The molecule has 0 saturated carbocycles. The Morgan fingerprint density at radius 1 is 1.43 bits per heavy atom. The minimum atomic E-state index is 0.788. The van der Waals surface area contributed by atoms with Crippen molar-refractivity contribution in [1.29, 1.82) is 0 Å². The van der Waals surface area contributed by atoms with E-state index in [9.17, 15) is 0 Å². The van der Waals surface area contributed by atoms with Crippen molar-refractivity contribution in [3.05, 3.63) is 0 Å². The van der Waals surface area contributed by atoms with Crippen molar-refractivity contribution in [2.75, 3.05) is 13.1 Å². The van der Waals surface area contributed by atoms with Gasteiger partial charge >= 0.3 is 0 Å². The maximum atomic E-state index is 3.25. The van der Waals surface area contributed by atoms with Crippen LogP contribution in [0.4, 0.5) is 0 Å². The Labute approximate surface area is 46.0 Å². The molecule has 1 heterocycles. The van der Waals surface area contributed by atoms with E-state index in [2.05, 4.69) is 17.1 Å². The molecule has 0 amide bonds. The second kappa shape index (κ2) is 2.61. The van der Waals surface area contributed by atoms with Crippen LogP contribution in [0.2, 0.25) is 0 Å². The number of rotatable bonds is 0. The van der Waals surface area contributed by atoms with Crippen LogP contribution in [-0.4, -0.2) is 13.1 Å². The highest BCUT2D eigenvalue weighted by Crippen LogP contribution is 2.05. The molecule has 0 aliphatic carbocycles. The molecule has 3 heteroatoms. The number of hydrogen-bond acceptors (Lipinski definition) is 2. The van der Waals surface area contributed by atoms with Crippen LogP contribution in [0.25, 0.3) is 0 Å². The first-order valence-corrected chi connectivity index (χ1v) is 3.60. The Balaban J connectivity index is 2.12. The topological polar surface area (TPSA) is 24.1 Å². The molecule has 0 atom stereocenters. The minimum Gasteiger partial charge on any atom is -0.286 e. The van der Waals surface area contributed by atoms with Gasteiger partial charge in [0.1, 0.15) is 0 Å². The standard InChI is InChI=1S/C4H11N2P/c1-4-2-5-7-6-3-4/h4-7H,2-3H2,1H3. The highest BCUT2D eigenvalue weighted by atomic mass is 31.1. The van der Waals surface area contributed by atoms with Crippen LogP contribution in [0.3, 0.4) is 0 Å². The molecule has 2 nitrogen and oxygen atoms in total. The zero-order valence-electron chi connectivity index (χ0n) is 4.49. The lowest BCUT2D eigenvalue weighted by Crippen LogP contribution is -2.30. The maximum absolute atomic E-state index is 3.25. The Bertz CT molecular complexity index is 51.7. The Morgan fingerprint density at radius 3 is 2.29 bits per heavy atom. The molecule has 2 N–H and O–H groups in total. The molecule has 1 aliphatic heterocycles. The van der Waals surface area contributed by atoms with E-state index in [1.807, 2.05) is 0 Å². The predicted molar refractivity (Wildman–Crippen MR) is 33.5 cm³/mol. The average molecular weight is 118 g/mol. The van der Waals surface area contributed by atoms with Gasteiger partial charge < -0.3 is 0 Å². The summed E-state index contributed by atoms with van der Waals surface area (Å²) in [5.41, 5.74) is 0. The van der Waals surface area contributed by atoms with Crippen LogP contribution in [0, 0.1) is 5.92 Å². The van der Waals surface area contributed by atoms with Crippen molar-refractivity contribution in [2.45, 2.75) is 6.92 Å². The smallest absolute Gasteiger partial charge is 0.0183 e. The predicted octanol–water partition coefficient (Wildman–Crippen LogP) is 0.324. The van der Waals surface area contributed by atoms with Crippen molar-refractivity contribution in [3.63, 3.8) is 0 Å². The monoisotopic (exact) mass is 118 g/mol. The molecule has 0 unspecified atom stereocenters. The molecule has 0 spiro atoms. The summed E-state index contributed by atoms with van der Waals surface area (Å²) in [6.45, 7) is 4.61. The van der Waals surface area contributed by atoms with E-state index < -0.39 is 0 Å². The first kappa shape index (κ1) is 5.49. The lowest BCUT2D eigenvalue weighted by atomic mass is 10.2. The summed E-state index contributed by atoms with van der Waals surface area (Å²) in [6, 6.07) is 0. The van der Waals surface area contributed by atoms with Gasteiger partial charge in [0.15, 0.2) is 0 Å². The van der Waals surface area contributed by atoms with Crippen molar-refractivity contribution in [3.8, 4) is 0 Å². The van der Waals surface area contributed by atoms with Gasteiger partial charge in [0, 0.05) is 22.0 Å². The highest BCUT2D eigenvalue weighted by molar-refractivity contribution is 7.33. The van der Waals surface area contributed by atoms with Gasteiger partial charge in [-0.25, -0.2) is 0 Å². The van der Waals surface area contributed by atoms with Crippen LogP contribution < -0.4 is 10.2 Å². The molecule has 0 radical (unpaired) electrons. The zero-order valence-corrected chi connectivity index (χ0v) is 5.49. The van der Waals surface area contributed by atoms with E-state index in [0.717, 1.165) is 14.8 Å². The lowest BCUT2D eigenvalue weighted by molar-refractivity contribution is 0.544.